The highest BCUT2D eigenvalue weighted by atomic mass is 32.2. The van der Waals surface area contributed by atoms with Crippen molar-refractivity contribution in [2.24, 2.45) is 0 Å². The minimum Gasteiger partial charge on any atom is -0.478 e. The fourth-order valence-corrected chi connectivity index (χ4v) is 3.48. The molecule has 1 atom stereocenters. The number of rotatable bonds is 5. The summed E-state index contributed by atoms with van der Waals surface area (Å²) in [6.45, 7) is 1.73. The van der Waals surface area contributed by atoms with Crippen molar-refractivity contribution in [2.45, 2.75) is 37.4 Å². The van der Waals surface area contributed by atoms with Crippen LogP contribution < -0.4 is 0 Å². The van der Waals surface area contributed by atoms with Gasteiger partial charge < -0.3 is 10.0 Å². The highest BCUT2D eigenvalue weighted by Gasteiger charge is 2.21. The van der Waals surface area contributed by atoms with Gasteiger partial charge in [0.1, 0.15) is 0 Å². The molecule has 1 aliphatic rings. The summed E-state index contributed by atoms with van der Waals surface area (Å²) >= 11 is 1.85. The minimum atomic E-state index is -0.921. The first-order valence-electron chi connectivity index (χ1n) is 7.73. The van der Waals surface area contributed by atoms with Crippen LogP contribution in [0.1, 0.15) is 41.6 Å². The van der Waals surface area contributed by atoms with Gasteiger partial charge in [-0.25, -0.2) is 4.79 Å². The summed E-state index contributed by atoms with van der Waals surface area (Å²) in [5, 5.41) is 9.43. The van der Waals surface area contributed by atoms with Gasteiger partial charge in [-0.1, -0.05) is 18.6 Å². The van der Waals surface area contributed by atoms with Gasteiger partial charge in [-0.2, -0.15) is 11.8 Å². The fourth-order valence-electron chi connectivity index (χ4n) is 2.75. The van der Waals surface area contributed by atoms with Crippen LogP contribution in [0.4, 0.5) is 0 Å². The number of carbonyl (C=O) groups excluding carboxylic acids is 1. The SMILES string of the molecule is CSC1CCCCN(C(=O)CCc2ccc(C(=O)O)cc2)C1. The zero-order chi connectivity index (χ0) is 15.9. The van der Waals surface area contributed by atoms with Gasteiger partial charge >= 0.3 is 5.97 Å². The fraction of sp³-hybridized carbons (Fsp3) is 0.529. The van der Waals surface area contributed by atoms with Crippen LogP contribution >= 0.6 is 11.8 Å². The maximum atomic E-state index is 12.4. The maximum Gasteiger partial charge on any atom is 0.335 e. The Hall–Kier alpha value is -1.49. The number of nitrogens with zero attached hydrogens (tertiary/aromatic N) is 1. The molecule has 4 nitrogen and oxygen atoms in total. The van der Waals surface area contributed by atoms with Gasteiger partial charge in [0.15, 0.2) is 0 Å². The van der Waals surface area contributed by atoms with Gasteiger partial charge in [0.25, 0.3) is 0 Å². The van der Waals surface area contributed by atoms with Gasteiger partial charge in [0.2, 0.25) is 5.91 Å². The van der Waals surface area contributed by atoms with Gasteiger partial charge in [0.05, 0.1) is 5.56 Å². The summed E-state index contributed by atoms with van der Waals surface area (Å²) in [4.78, 5) is 25.2. The summed E-state index contributed by atoms with van der Waals surface area (Å²) in [5.41, 5.74) is 1.29. The lowest BCUT2D eigenvalue weighted by atomic mass is 10.1. The highest BCUT2D eigenvalue weighted by Crippen LogP contribution is 2.20. The molecule has 0 spiro atoms. The smallest absolute Gasteiger partial charge is 0.335 e. The van der Waals surface area contributed by atoms with Crippen molar-refractivity contribution in [1.29, 1.82) is 0 Å². The second kappa shape index (κ2) is 8.22. The number of aryl methyl sites for hydroxylation is 1. The molecule has 2 rings (SSSR count). The van der Waals surface area contributed by atoms with Crippen LogP contribution in [0, 0.1) is 0 Å². The third-order valence-electron chi connectivity index (χ3n) is 4.14. The number of thioether (sulfide) groups is 1. The van der Waals surface area contributed by atoms with E-state index in [-0.39, 0.29) is 11.5 Å². The van der Waals surface area contributed by atoms with E-state index >= 15 is 0 Å². The van der Waals surface area contributed by atoms with Crippen molar-refractivity contribution in [1.82, 2.24) is 4.90 Å². The number of aromatic carboxylic acids is 1. The molecule has 0 bridgehead atoms. The van der Waals surface area contributed by atoms with E-state index in [0.717, 1.165) is 25.1 Å². The number of carboxylic acids is 1. The number of likely N-dealkylation sites (tertiary alicyclic amines) is 1. The summed E-state index contributed by atoms with van der Waals surface area (Å²) < 4.78 is 0. The molecule has 5 heteroatoms. The first kappa shape index (κ1) is 16.9. The Balaban J connectivity index is 1.87. The molecule has 1 heterocycles. The monoisotopic (exact) mass is 321 g/mol. The van der Waals surface area contributed by atoms with E-state index in [0.29, 0.717) is 18.1 Å². The van der Waals surface area contributed by atoms with E-state index in [9.17, 15) is 9.59 Å². The lowest BCUT2D eigenvalue weighted by Gasteiger charge is -2.23. The summed E-state index contributed by atoms with van der Waals surface area (Å²) in [5.74, 6) is -0.710. The molecule has 1 aliphatic heterocycles. The van der Waals surface area contributed by atoms with E-state index in [1.54, 1.807) is 24.3 Å². The summed E-state index contributed by atoms with van der Waals surface area (Å²) in [7, 11) is 0. The third kappa shape index (κ3) is 4.77. The minimum absolute atomic E-state index is 0.211. The lowest BCUT2D eigenvalue weighted by Crippen LogP contribution is -2.35. The van der Waals surface area contributed by atoms with Gasteiger partial charge in [0, 0.05) is 24.8 Å². The highest BCUT2D eigenvalue weighted by molar-refractivity contribution is 7.99. The third-order valence-corrected chi connectivity index (χ3v) is 5.19. The molecule has 1 aromatic carbocycles. The van der Waals surface area contributed by atoms with Crippen molar-refractivity contribution < 1.29 is 14.7 Å². The Kier molecular flexibility index (Phi) is 6.31. The van der Waals surface area contributed by atoms with Crippen LogP contribution in [0.25, 0.3) is 0 Å². The quantitative estimate of drug-likeness (QED) is 0.905. The zero-order valence-corrected chi connectivity index (χ0v) is 13.8. The van der Waals surface area contributed by atoms with Gasteiger partial charge in [-0.05, 0) is 43.2 Å². The molecule has 1 N–H and O–H groups in total. The zero-order valence-electron chi connectivity index (χ0n) is 13.0. The average molecular weight is 321 g/mol. The van der Waals surface area contributed by atoms with Crippen molar-refractivity contribution >= 4 is 23.6 Å². The van der Waals surface area contributed by atoms with E-state index in [1.165, 1.54) is 12.8 Å². The molecule has 1 amide bonds. The molecular formula is C17H23NO3S. The summed E-state index contributed by atoms with van der Waals surface area (Å²) in [6.07, 6.45) is 6.76. The predicted molar refractivity (Wildman–Crippen MR) is 89.5 cm³/mol. The van der Waals surface area contributed by atoms with Crippen molar-refractivity contribution in [2.75, 3.05) is 19.3 Å². The number of amides is 1. The van der Waals surface area contributed by atoms with Crippen molar-refractivity contribution in [3.05, 3.63) is 35.4 Å². The lowest BCUT2D eigenvalue weighted by molar-refractivity contribution is -0.131. The molecule has 1 unspecified atom stereocenters. The van der Waals surface area contributed by atoms with Crippen molar-refractivity contribution in [3.63, 3.8) is 0 Å². The van der Waals surface area contributed by atoms with Crippen LogP contribution in [0.5, 0.6) is 0 Å². The second-order valence-corrected chi connectivity index (χ2v) is 6.83. The number of hydrogen-bond acceptors (Lipinski definition) is 3. The van der Waals surface area contributed by atoms with Crippen LogP contribution in [0.15, 0.2) is 24.3 Å². The number of hydrogen-bond donors (Lipinski definition) is 1. The Labute approximate surface area is 135 Å². The van der Waals surface area contributed by atoms with E-state index in [2.05, 4.69) is 6.26 Å². The van der Waals surface area contributed by atoms with Gasteiger partial charge in [-0.15, -0.1) is 0 Å². The topological polar surface area (TPSA) is 57.6 Å². The van der Waals surface area contributed by atoms with E-state index in [4.69, 9.17) is 5.11 Å². The number of carboxylic acid groups (broad SMARTS) is 1. The first-order chi connectivity index (χ1) is 10.6. The molecule has 1 aromatic rings. The van der Waals surface area contributed by atoms with Gasteiger partial charge in [-0.3, -0.25) is 4.79 Å². The van der Waals surface area contributed by atoms with Crippen LogP contribution in [0.2, 0.25) is 0 Å². The normalized spacial score (nSPS) is 18.8. The number of benzene rings is 1. The molecule has 0 saturated carbocycles. The van der Waals surface area contributed by atoms with Crippen molar-refractivity contribution in [3.8, 4) is 0 Å². The molecular weight excluding hydrogens is 298 g/mol. The largest absolute Gasteiger partial charge is 0.478 e. The van der Waals surface area contributed by atoms with Crippen LogP contribution in [0.3, 0.4) is 0 Å². The molecule has 1 saturated heterocycles. The standard InChI is InChI=1S/C17H23NO3S/c1-22-15-4-2-3-11-18(12-15)16(19)10-7-13-5-8-14(9-6-13)17(20)21/h5-6,8-9,15H,2-4,7,10-12H2,1H3,(H,20,21). The first-order valence-corrected chi connectivity index (χ1v) is 9.01. The number of carbonyl (C=O) groups is 2. The molecule has 0 aliphatic carbocycles. The molecule has 0 radical (unpaired) electrons. The van der Waals surface area contributed by atoms with E-state index < -0.39 is 5.97 Å². The predicted octanol–water partition coefficient (Wildman–Crippen LogP) is 3.06. The Morgan fingerprint density at radius 2 is 2.00 bits per heavy atom. The molecule has 22 heavy (non-hydrogen) atoms. The van der Waals surface area contributed by atoms with Crippen LogP contribution in [-0.2, 0) is 11.2 Å². The molecule has 0 aromatic heterocycles. The average Bonchev–Trinajstić information content (AvgIpc) is 2.78. The van der Waals surface area contributed by atoms with Crippen LogP contribution in [-0.4, -0.2) is 46.5 Å². The second-order valence-electron chi connectivity index (χ2n) is 5.70. The molecule has 1 fully saturated rings. The van der Waals surface area contributed by atoms with E-state index in [1.807, 2.05) is 16.7 Å². The summed E-state index contributed by atoms with van der Waals surface area (Å²) in [6, 6.07) is 6.78. The maximum absolute atomic E-state index is 12.4. The Morgan fingerprint density at radius 1 is 1.27 bits per heavy atom. The Morgan fingerprint density at radius 3 is 2.64 bits per heavy atom. The molecule has 120 valence electrons. The Bertz CT molecular complexity index is 515.